The highest BCUT2D eigenvalue weighted by atomic mass is 16.5. The van der Waals surface area contributed by atoms with Crippen LogP contribution in [0.2, 0.25) is 0 Å². The molecule has 0 atom stereocenters. The number of methoxy groups -OCH3 is 2. The molecule has 2 aromatic carbocycles. The van der Waals surface area contributed by atoms with Crippen LogP contribution in [0.1, 0.15) is 23.2 Å². The Morgan fingerprint density at radius 1 is 1.05 bits per heavy atom. The molecule has 0 aliphatic carbocycles. The second-order valence-electron chi connectivity index (χ2n) is 8.14. The summed E-state index contributed by atoms with van der Waals surface area (Å²) in [5.74, 6) is 0.113. The molecule has 2 heterocycles. The Morgan fingerprint density at radius 3 is 2.51 bits per heavy atom. The summed E-state index contributed by atoms with van der Waals surface area (Å²) in [6, 6.07) is 10.6. The van der Waals surface area contributed by atoms with E-state index in [2.05, 4.69) is 32.1 Å². The number of anilines is 4. The third-order valence-electron chi connectivity index (χ3n) is 5.76. The van der Waals surface area contributed by atoms with Gasteiger partial charge >= 0.3 is 0 Å². The summed E-state index contributed by atoms with van der Waals surface area (Å²) < 4.78 is 16.7. The molecule has 0 radical (unpaired) electrons. The lowest BCUT2D eigenvalue weighted by atomic mass is 10.2. The molecule has 2 amide bonds. The summed E-state index contributed by atoms with van der Waals surface area (Å²) in [4.78, 5) is 34.9. The van der Waals surface area contributed by atoms with Crippen molar-refractivity contribution in [1.82, 2.24) is 9.97 Å². The van der Waals surface area contributed by atoms with Gasteiger partial charge in [0.25, 0.3) is 5.91 Å². The average Bonchev–Trinajstić information content (AvgIpc) is 3.45. The molecule has 4 N–H and O–H groups in total. The van der Waals surface area contributed by atoms with Crippen LogP contribution in [0.3, 0.4) is 0 Å². The number of nitrogens with one attached hydrogen (secondary N) is 2. The summed E-state index contributed by atoms with van der Waals surface area (Å²) in [6.45, 7) is 5.47. The Hall–Kier alpha value is -4.80. The van der Waals surface area contributed by atoms with Crippen molar-refractivity contribution in [2.45, 2.75) is 12.8 Å². The van der Waals surface area contributed by atoms with E-state index >= 15 is 0 Å². The van der Waals surface area contributed by atoms with Crippen LogP contribution < -0.4 is 35.5 Å². The molecule has 37 heavy (non-hydrogen) atoms. The second kappa shape index (κ2) is 11.3. The minimum Gasteiger partial charge on any atom is -0.497 e. The van der Waals surface area contributed by atoms with E-state index in [9.17, 15) is 9.59 Å². The molecule has 11 nitrogen and oxygen atoms in total. The van der Waals surface area contributed by atoms with Crippen LogP contribution in [0.5, 0.6) is 23.1 Å². The summed E-state index contributed by atoms with van der Waals surface area (Å²) >= 11 is 0. The van der Waals surface area contributed by atoms with Gasteiger partial charge in [0, 0.05) is 37.1 Å². The van der Waals surface area contributed by atoms with Gasteiger partial charge in [-0.15, -0.1) is 0 Å². The molecule has 192 valence electrons. The molecule has 4 rings (SSSR count). The van der Waals surface area contributed by atoms with E-state index in [4.69, 9.17) is 19.9 Å². The van der Waals surface area contributed by atoms with Crippen LogP contribution >= 0.6 is 0 Å². The third-order valence-corrected chi connectivity index (χ3v) is 5.76. The Kier molecular flexibility index (Phi) is 7.72. The Labute approximate surface area is 214 Å². The number of rotatable bonds is 10. The van der Waals surface area contributed by atoms with Crippen molar-refractivity contribution in [3.8, 4) is 23.1 Å². The molecule has 3 aromatic rings. The Bertz CT molecular complexity index is 1320. The zero-order valence-corrected chi connectivity index (χ0v) is 20.6. The van der Waals surface area contributed by atoms with E-state index in [0.717, 1.165) is 24.9 Å². The number of ether oxygens (including phenoxy) is 3. The molecular weight excluding hydrogens is 476 g/mol. The molecule has 11 heteroatoms. The lowest BCUT2D eigenvalue weighted by Gasteiger charge is -2.20. The zero-order valence-electron chi connectivity index (χ0n) is 20.6. The van der Waals surface area contributed by atoms with E-state index in [1.165, 1.54) is 26.1 Å². The van der Waals surface area contributed by atoms with E-state index in [1.807, 2.05) is 18.2 Å². The number of carbonyl (C=O) groups excluding carboxylic acids is 2. The van der Waals surface area contributed by atoms with Crippen molar-refractivity contribution in [3.05, 3.63) is 60.8 Å². The number of carbonyl (C=O) groups is 2. The first-order valence-electron chi connectivity index (χ1n) is 11.6. The van der Waals surface area contributed by atoms with Gasteiger partial charge in [-0.3, -0.25) is 9.59 Å². The highest BCUT2D eigenvalue weighted by molar-refractivity contribution is 6.00. The van der Waals surface area contributed by atoms with E-state index in [0.29, 0.717) is 17.2 Å². The van der Waals surface area contributed by atoms with Crippen molar-refractivity contribution < 1.29 is 23.8 Å². The zero-order chi connectivity index (χ0) is 26.4. The fraction of sp³-hybridized carbons (Fsp3) is 0.231. The molecule has 1 fully saturated rings. The standard InChI is InChI=1S/C26H28N6O5/c1-4-23(33)29-20-14-17(35-2)8-10-21(20)37-25-18(24(27)34)15-28-26(31-25)30-19-9-7-16(13-22(19)36-3)32-11-5-6-12-32/h4,7-10,13-15H,1,5-6,11-12H2,2-3H3,(H2,27,34)(H,29,33)(H,28,30,31). The van der Waals surface area contributed by atoms with Gasteiger partial charge in [0.2, 0.25) is 17.7 Å². The molecular formula is C26H28N6O5. The minimum atomic E-state index is -0.778. The van der Waals surface area contributed by atoms with E-state index in [1.54, 1.807) is 25.3 Å². The molecule has 0 spiro atoms. The van der Waals surface area contributed by atoms with Gasteiger partial charge in [0.15, 0.2) is 5.75 Å². The highest BCUT2D eigenvalue weighted by Crippen LogP contribution is 2.35. The predicted octanol–water partition coefficient (Wildman–Crippen LogP) is 3.85. The molecule has 0 saturated carbocycles. The third kappa shape index (κ3) is 5.89. The Balaban J connectivity index is 1.65. The second-order valence-corrected chi connectivity index (χ2v) is 8.14. The number of hydrogen-bond acceptors (Lipinski definition) is 9. The van der Waals surface area contributed by atoms with Crippen LogP contribution in [0.15, 0.2) is 55.3 Å². The molecule has 1 aliphatic rings. The van der Waals surface area contributed by atoms with Crippen molar-refractivity contribution in [3.63, 3.8) is 0 Å². The summed E-state index contributed by atoms with van der Waals surface area (Å²) in [7, 11) is 3.08. The lowest BCUT2D eigenvalue weighted by molar-refractivity contribution is -0.111. The normalized spacial score (nSPS) is 12.5. The van der Waals surface area contributed by atoms with Gasteiger partial charge in [0.1, 0.15) is 17.1 Å². The van der Waals surface area contributed by atoms with Crippen molar-refractivity contribution in [2.75, 3.05) is 42.8 Å². The van der Waals surface area contributed by atoms with Gasteiger partial charge in [0.05, 0.1) is 25.6 Å². The average molecular weight is 505 g/mol. The maximum Gasteiger partial charge on any atom is 0.255 e. The minimum absolute atomic E-state index is 0.0429. The van der Waals surface area contributed by atoms with Gasteiger partial charge < -0.3 is 35.5 Å². The van der Waals surface area contributed by atoms with Crippen LogP contribution in [-0.2, 0) is 4.79 Å². The number of hydrogen-bond donors (Lipinski definition) is 3. The maximum atomic E-state index is 12.1. The largest absolute Gasteiger partial charge is 0.497 e. The number of aromatic nitrogens is 2. The van der Waals surface area contributed by atoms with Crippen LogP contribution in [-0.4, -0.2) is 49.1 Å². The lowest BCUT2D eigenvalue weighted by Crippen LogP contribution is -2.17. The number of nitrogens with two attached hydrogens (primary N) is 1. The van der Waals surface area contributed by atoms with E-state index < -0.39 is 11.8 Å². The first-order valence-corrected chi connectivity index (χ1v) is 11.6. The number of benzene rings is 2. The summed E-state index contributed by atoms with van der Waals surface area (Å²) in [6.07, 6.45) is 4.72. The number of nitrogens with zero attached hydrogens (tertiary/aromatic N) is 3. The van der Waals surface area contributed by atoms with Crippen molar-refractivity contribution in [1.29, 1.82) is 0 Å². The van der Waals surface area contributed by atoms with Crippen molar-refractivity contribution >= 4 is 34.8 Å². The predicted molar refractivity (Wildman–Crippen MR) is 140 cm³/mol. The monoisotopic (exact) mass is 504 g/mol. The van der Waals surface area contributed by atoms with Crippen LogP contribution in [0, 0.1) is 0 Å². The Morgan fingerprint density at radius 2 is 1.84 bits per heavy atom. The quantitative estimate of drug-likeness (QED) is 0.351. The number of amides is 2. The number of primary amides is 1. The topological polar surface area (TPSA) is 141 Å². The van der Waals surface area contributed by atoms with Crippen molar-refractivity contribution in [2.24, 2.45) is 5.73 Å². The molecule has 1 saturated heterocycles. The maximum absolute atomic E-state index is 12.1. The molecule has 1 aromatic heterocycles. The van der Waals surface area contributed by atoms with Gasteiger partial charge in [-0.1, -0.05) is 6.58 Å². The molecule has 0 bridgehead atoms. The summed E-state index contributed by atoms with van der Waals surface area (Å²) in [5.41, 5.74) is 7.48. The smallest absolute Gasteiger partial charge is 0.255 e. The van der Waals surface area contributed by atoms with Crippen LogP contribution in [0.4, 0.5) is 23.0 Å². The van der Waals surface area contributed by atoms with Gasteiger partial charge in [-0.2, -0.15) is 4.98 Å². The first-order chi connectivity index (χ1) is 17.9. The molecule has 1 aliphatic heterocycles. The van der Waals surface area contributed by atoms with Crippen LogP contribution in [0.25, 0.3) is 0 Å². The molecule has 0 unspecified atom stereocenters. The fourth-order valence-electron chi connectivity index (χ4n) is 3.86. The van der Waals surface area contributed by atoms with E-state index in [-0.39, 0.29) is 28.8 Å². The van der Waals surface area contributed by atoms with Gasteiger partial charge in [-0.05, 0) is 43.2 Å². The SMILES string of the molecule is C=CC(=O)Nc1cc(OC)ccc1Oc1nc(Nc2ccc(N3CCCC3)cc2OC)ncc1C(N)=O. The first kappa shape index (κ1) is 25.3. The summed E-state index contributed by atoms with van der Waals surface area (Å²) in [5, 5.41) is 5.75. The van der Waals surface area contributed by atoms with Gasteiger partial charge in [-0.25, -0.2) is 4.98 Å². The highest BCUT2D eigenvalue weighted by Gasteiger charge is 2.19. The fourth-order valence-corrected chi connectivity index (χ4v) is 3.86.